The van der Waals surface area contributed by atoms with E-state index in [4.69, 9.17) is 0 Å². The number of carbonyl (C=O) groups excluding carboxylic acids is 2. The highest BCUT2D eigenvalue weighted by molar-refractivity contribution is 5.95. The molecule has 0 aliphatic carbocycles. The number of hydrogen-bond donors (Lipinski definition) is 0. The number of amides is 2. The minimum Gasteiger partial charge on any atom is -0.341 e. The highest BCUT2D eigenvalue weighted by Gasteiger charge is 2.36. The van der Waals surface area contributed by atoms with Gasteiger partial charge in [-0.15, -0.1) is 0 Å². The monoisotopic (exact) mass is 391 g/mol. The van der Waals surface area contributed by atoms with Crippen molar-refractivity contribution in [2.45, 2.75) is 38.8 Å². The Morgan fingerprint density at radius 2 is 1.62 bits per heavy atom. The smallest absolute Gasteiger partial charge is 0.241 e. The SMILES string of the molecule is CCN(C(=O)CN1Cc2ccccc2C[C@H]1C(=O)N1CCCC1)c1ccccc1. The number of nitrogens with zero attached hydrogens (tertiary/aromatic N) is 3. The summed E-state index contributed by atoms with van der Waals surface area (Å²) >= 11 is 0. The van der Waals surface area contributed by atoms with Gasteiger partial charge in [0.05, 0.1) is 12.6 Å². The number of carbonyl (C=O) groups is 2. The zero-order chi connectivity index (χ0) is 20.2. The molecule has 2 aromatic rings. The fourth-order valence-electron chi connectivity index (χ4n) is 4.51. The van der Waals surface area contributed by atoms with Crippen LogP contribution in [-0.2, 0) is 22.6 Å². The molecule has 0 aromatic heterocycles. The van der Waals surface area contributed by atoms with Gasteiger partial charge in [-0.05, 0) is 49.4 Å². The third kappa shape index (κ3) is 4.20. The van der Waals surface area contributed by atoms with Crippen molar-refractivity contribution in [3.8, 4) is 0 Å². The Labute approximate surface area is 172 Å². The summed E-state index contributed by atoms with van der Waals surface area (Å²) < 4.78 is 0. The Hall–Kier alpha value is -2.66. The molecule has 2 aliphatic heterocycles. The van der Waals surface area contributed by atoms with Crippen LogP contribution in [-0.4, -0.2) is 53.8 Å². The minimum atomic E-state index is -0.263. The fraction of sp³-hybridized carbons (Fsp3) is 0.417. The first kappa shape index (κ1) is 19.6. The second-order valence-electron chi connectivity index (χ2n) is 7.90. The predicted molar refractivity (Wildman–Crippen MR) is 115 cm³/mol. The van der Waals surface area contributed by atoms with Gasteiger partial charge in [-0.2, -0.15) is 0 Å². The van der Waals surface area contributed by atoms with Crippen molar-refractivity contribution in [1.29, 1.82) is 0 Å². The standard InChI is InChI=1S/C24H29N3O2/c1-2-27(21-12-4-3-5-13-21)23(28)18-26-17-20-11-7-6-10-19(20)16-22(26)24(29)25-14-8-9-15-25/h3-7,10-13,22H,2,8-9,14-18H2,1H3/t22-/m0/s1. The molecule has 5 heteroatoms. The first-order valence-corrected chi connectivity index (χ1v) is 10.6. The molecule has 0 bridgehead atoms. The number of fused-ring (bicyclic) bond motifs is 1. The van der Waals surface area contributed by atoms with Gasteiger partial charge in [-0.25, -0.2) is 0 Å². The fourth-order valence-corrected chi connectivity index (χ4v) is 4.51. The Morgan fingerprint density at radius 1 is 0.966 bits per heavy atom. The lowest BCUT2D eigenvalue weighted by Gasteiger charge is -2.38. The van der Waals surface area contributed by atoms with E-state index < -0.39 is 0 Å². The van der Waals surface area contributed by atoms with Crippen molar-refractivity contribution in [2.24, 2.45) is 0 Å². The summed E-state index contributed by atoms with van der Waals surface area (Å²) in [5.74, 6) is 0.213. The number of rotatable bonds is 5. The van der Waals surface area contributed by atoms with Crippen molar-refractivity contribution >= 4 is 17.5 Å². The van der Waals surface area contributed by atoms with Crippen molar-refractivity contribution < 1.29 is 9.59 Å². The van der Waals surface area contributed by atoms with E-state index >= 15 is 0 Å². The van der Waals surface area contributed by atoms with E-state index in [2.05, 4.69) is 17.0 Å². The van der Waals surface area contributed by atoms with E-state index in [0.29, 0.717) is 19.5 Å². The van der Waals surface area contributed by atoms with Crippen LogP contribution in [0, 0.1) is 0 Å². The Bertz CT molecular complexity index is 861. The van der Waals surface area contributed by atoms with Crippen LogP contribution in [0.3, 0.4) is 0 Å². The van der Waals surface area contributed by atoms with E-state index in [9.17, 15) is 9.59 Å². The summed E-state index contributed by atoms with van der Waals surface area (Å²) in [5.41, 5.74) is 3.34. The van der Waals surface area contributed by atoms with Crippen LogP contribution in [0.25, 0.3) is 0 Å². The maximum atomic E-state index is 13.3. The van der Waals surface area contributed by atoms with Crippen molar-refractivity contribution in [3.05, 3.63) is 65.7 Å². The van der Waals surface area contributed by atoms with Crippen LogP contribution in [0.4, 0.5) is 5.69 Å². The topological polar surface area (TPSA) is 43.9 Å². The van der Waals surface area contributed by atoms with Gasteiger partial charge in [0, 0.05) is 31.9 Å². The number of likely N-dealkylation sites (tertiary alicyclic amines) is 1. The van der Waals surface area contributed by atoms with Crippen LogP contribution in [0.1, 0.15) is 30.9 Å². The second-order valence-corrected chi connectivity index (χ2v) is 7.90. The number of anilines is 1. The number of hydrogen-bond acceptors (Lipinski definition) is 3. The summed E-state index contributed by atoms with van der Waals surface area (Å²) in [7, 11) is 0. The minimum absolute atomic E-state index is 0.0392. The molecule has 2 aromatic carbocycles. The lowest BCUT2D eigenvalue weighted by molar-refractivity contribution is -0.137. The normalized spacial score (nSPS) is 19.1. The summed E-state index contributed by atoms with van der Waals surface area (Å²) in [4.78, 5) is 32.3. The van der Waals surface area contributed by atoms with Crippen LogP contribution in [0.5, 0.6) is 0 Å². The van der Waals surface area contributed by atoms with E-state index in [1.807, 2.05) is 54.3 Å². The van der Waals surface area contributed by atoms with Crippen LogP contribution < -0.4 is 4.90 Å². The van der Waals surface area contributed by atoms with Gasteiger partial charge in [-0.3, -0.25) is 14.5 Å². The van der Waals surface area contributed by atoms with Gasteiger partial charge < -0.3 is 9.80 Å². The lowest BCUT2D eigenvalue weighted by Crippen LogP contribution is -2.54. The van der Waals surface area contributed by atoms with Crippen molar-refractivity contribution in [3.63, 3.8) is 0 Å². The molecule has 29 heavy (non-hydrogen) atoms. The molecular weight excluding hydrogens is 362 g/mol. The zero-order valence-electron chi connectivity index (χ0n) is 17.1. The summed E-state index contributed by atoms with van der Waals surface area (Å²) in [6, 6.07) is 17.8. The van der Waals surface area contributed by atoms with Crippen LogP contribution in [0.2, 0.25) is 0 Å². The van der Waals surface area contributed by atoms with Gasteiger partial charge in [0.15, 0.2) is 0 Å². The highest BCUT2D eigenvalue weighted by atomic mass is 16.2. The van der Waals surface area contributed by atoms with Crippen molar-refractivity contribution in [1.82, 2.24) is 9.80 Å². The highest BCUT2D eigenvalue weighted by Crippen LogP contribution is 2.26. The van der Waals surface area contributed by atoms with E-state index in [0.717, 1.165) is 31.6 Å². The molecule has 0 radical (unpaired) electrons. The van der Waals surface area contributed by atoms with E-state index in [1.165, 1.54) is 11.1 Å². The van der Waals surface area contributed by atoms with Crippen molar-refractivity contribution in [2.75, 3.05) is 31.1 Å². The number of benzene rings is 2. The molecule has 0 spiro atoms. The summed E-state index contributed by atoms with van der Waals surface area (Å²) in [6.07, 6.45) is 2.83. The van der Waals surface area contributed by atoms with E-state index in [-0.39, 0.29) is 24.4 Å². The zero-order valence-corrected chi connectivity index (χ0v) is 17.1. The third-order valence-electron chi connectivity index (χ3n) is 6.07. The molecule has 5 nitrogen and oxygen atoms in total. The van der Waals surface area contributed by atoms with Gasteiger partial charge in [-0.1, -0.05) is 42.5 Å². The van der Waals surface area contributed by atoms with Gasteiger partial charge >= 0.3 is 0 Å². The molecule has 0 N–H and O–H groups in total. The van der Waals surface area contributed by atoms with Gasteiger partial charge in [0.1, 0.15) is 0 Å². The second kappa shape index (κ2) is 8.78. The van der Waals surface area contributed by atoms with Gasteiger partial charge in [0.25, 0.3) is 0 Å². The Balaban J connectivity index is 1.56. The molecule has 152 valence electrons. The molecule has 4 rings (SSSR count). The third-order valence-corrected chi connectivity index (χ3v) is 6.07. The van der Waals surface area contributed by atoms with Crippen LogP contribution >= 0.6 is 0 Å². The van der Waals surface area contributed by atoms with Crippen LogP contribution in [0.15, 0.2) is 54.6 Å². The van der Waals surface area contributed by atoms with Gasteiger partial charge in [0.2, 0.25) is 11.8 Å². The maximum Gasteiger partial charge on any atom is 0.241 e. The quantitative estimate of drug-likeness (QED) is 0.787. The molecule has 2 aliphatic rings. The first-order chi connectivity index (χ1) is 14.2. The Kier molecular flexibility index (Phi) is 5.95. The molecule has 2 amide bonds. The molecular formula is C24H29N3O2. The lowest BCUT2D eigenvalue weighted by atomic mass is 9.93. The molecule has 1 atom stereocenters. The number of para-hydroxylation sites is 1. The van der Waals surface area contributed by atoms with E-state index in [1.54, 1.807) is 4.90 Å². The molecule has 1 saturated heterocycles. The average molecular weight is 392 g/mol. The number of likely N-dealkylation sites (N-methyl/N-ethyl adjacent to an activating group) is 1. The maximum absolute atomic E-state index is 13.3. The average Bonchev–Trinajstić information content (AvgIpc) is 3.29. The molecule has 2 heterocycles. The largest absolute Gasteiger partial charge is 0.341 e. The summed E-state index contributed by atoms with van der Waals surface area (Å²) in [5, 5.41) is 0. The molecule has 0 unspecified atom stereocenters. The predicted octanol–water partition coefficient (Wildman–Crippen LogP) is 3.09. The first-order valence-electron chi connectivity index (χ1n) is 10.6. The molecule has 1 fully saturated rings. The Morgan fingerprint density at radius 3 is 2.31 bits per heavy atom. The summed E-state index contributed by atoms with van der Waals surface area (Å²) in [6.45, 7) is 5.16. The molecule has 0 saturated carbocycles.